The van der Waals surface area contributed by atoms with Crippen molar-refractivity contribution in [3.63, 3.8) is 0 Å². The predicted molar refractivity (Wildman–Crippen MR) is 83.2 cm³/mol. The summed E-state index contributed by atoms with van der Waals surface area (Å²) < 4.78 is 18.6. The number of halogens is 1. The molecule has 0 radical (unpaired) electrons. The molecule has 116 valence electrons. The number of nitrogens with one attached hydrogen (secondary N) is 2. The Morgan fingerprint density at radius 1 is 1.62 bits per heavy atom. The van der Waals surface area contributed by atoms with Gasteiger partial charge in [0, 0.05) is 36.6 Å². The largest absolute Gasteiger partial charge is 0.489 e. The first-order chi connectivity index (χ1) is 10.1. The van der Waals surface area contributed by atoms with Crippen LogP contribution in [0.2, 0.25) is 0 Å². The molecule has 1 aromatic carbocycles. The molecule has 0 aliphatic carbocycles. The number of rotatable bonds is 6. The predicted octanol–water partition coefficient (Wildman–Crippen LogP) is 1.80. The van der Waals surface area contributed by atoms with E-state index in [4.69, 9.17) is 4.74 Å². The highest BCUT2D eigenvalue weighted by molar-refractivity contribution is 7.99. The molecule has 2 atom stereocenters. The maximum Gasteiger partial charge on any atom is 0.221 e. The Balaban J connectivity index is 1.68. The number of hydrogen-bond acceptors (Lipinski definition) is 4. The molecular formula is C15H21FN2O2S. The number of ether oxygens (including phenoxy) is 1. The molecular weight excluding hydrogens is 291 g/mol. The van der Waals surface area contributed by atoms with Crippen molar-refractivity contribution >= 4 is 17.7 Å². The summed E-state index contributed by atoms with van der Waals surface area (Å²) in [6.45, 7) is 3.22. The van der Waals surface area contributed by atoms with Crippen LogP contribution in [0, 0.1) is 5.82 Å². The van der Waals surface area contributed by atoms with E-state index in [0.717, 1.165) is 18.1 Å². The first-order valence-corrected chi connectivity index (χ1v) is 8.29. The second kappa shape index (κ2) is 8.24. The summed E-state index contributed by atoms with van der Waals surface area (Å²) in [5.74, 6) is 2.25. The number of hydrogen-bond donors (Lipinski definition) is 2. The molecule has 1 fully saturated rings. The molecule has 1 aromatic rings. The van der Waals surface area contributed by atoms with E-state index in [-0.39, 0.29) is 23.9 Å². The van der Waals surface area contributed by atoms with Crippen LogP contribution in [0.4, 0.5) is 4.39 Å². The lowest BCUT2D eigenvalue weighted by Crippen LogP contribution is -2.42. The van der Waals surface area contributed by atoms with Crippen LogP contribution < -0.4 is 15.4 Å². The van der Waals surface area contributed by atoms with Gasteiger partial charge >= 0.3 is 0 Å². The van der Waals surface area contributed by atoms with Gasteiger partial charge in [-0.25, -0.2) is 4.39 Å². The van der Waals surface area contributed by atoms with E-state index < -0.39 is 0 Å². The quantitative estimate of drug-likeness (QED) is 0.841. The molecule has 0 aromatic heterocycles. The molecule has 1 heterocycles. The highest BCUT2D eigenvalue weighted by Gasteiger charge is 2.17. The second-order valence-corrected chi connectivity index (χ2v) is 6.27. The maximum atomic E-state index is 13.0. The van der Waals surface area contributed by atoms with Crippen molar-refractivity contribution in [3.05, 3.63) is 30.1 Å². The summed E-state index contributed by atoms with van der Waals surface area (Å²) in [5.41, 5.74) is 0. The summed E-state index contributed by atoms with van der Waals surface area (Å²) in [5, 5.41) is 6.19. The van der Waals surface area contributed by atoms with E-state index in [2.05, 4.69) is 10.6 Å². The zero-order chi connectivity index (χ0) is 15.1. The van der Waals surface area contributed by atoms with E-state index in [1.807, 2.05) is 18.7 Å². The SMILES string of the molecule is CC(CNC(=O)CC1CSCCN1)Oc1cccc(F)c1. The molecule has 1 amide bonds. The van der Waals surface area contributed by atoms with Gasteiger partial charge in [0.15, 0.2) is 0 Å². The van der Waals surface area contributed by atoms with Crippen molar-refractivity contribution in [1.82, 2.24) is 10.6 Å². The van der Waals surface area contributed by atoms with E-state index >= 15 is 0 Å². The van der Waals surface area contributed by atoms with Gasteiger partial charge in [-0.2, -0.15) is 11.8 Å². The first kappa shape index (κ1) is 16.1. The molecule has 0 bridgehead atoms. The van der Waals surface area contributed by atoms with Crippen LogP contribution >= 0.6 is 11.8 Å². The van der Waals surface area contributed by atoms with Gasteiger partial charge in [0.1, 0.15) is 17.7 Å². The summed E-state index contributed by atoms with van der Waals surface area (Å²) in [4.78, 5) is 11.8. The summed E-state index contributed by atoms with van der Waals surface area (Å²) in [7, 11) is 0. The molecule has 21 heavy (non-hydrogen) atoms. The standard InChI is InChI=1S/C15H21FN2O2S/c1-11(20-14-4-2-3-12(16)7-14)9-18-15(19)8-13-10-21-6-5-17-13/h2-4,7,11,13,17H,5-6,8-10H2,1H3,(H,18,19). The Morgan fingerprint density at radius 2 is 2.48 bits per heavy atom. The van der Waals surface area contributed by atoms with Crippen LogP contribution in [0.3, 0.4) is 0 Å². The molecule has 2 unspecified atom stereocenters. The molecule has 2 N–H and O–H groups in total. The Bertz CT molecular complexity index is 467. The van der Waals surface area contributed by atoms with Crippen molar-refractivity contribution < 1.29 is 13.9 Å². The molecule has 1 saturated heterocycles. The van der Waals surface area contributed by atoms with Crippen LogP contribution in [0.15, 0.2) is 24.3 Å². The third kappa shape index (κ3) is 5.93. The minimum Gasteiger partial charge on any atom is -0.489 e. The second-order valence-electron chi connectivity index (χ2n) is 5.12. The van der Waals surface area contributed by atoms with Crippen LogP contribution in [-0.4, -0.2) is 42.6 Å². The lowest BCUT2D eigenvalue weighted by molar-refractivity contribution is -0.121. The number of benzene rings is 1. The summed E-state index contributed by atoms with van der Waals surface area (Å²) in [6, 6.07) is 6.26. The summed E-state index contributed by atoms with van der Waals surface area (Å²) in [6.07, 6.45) is 0.282. The van der Waals surface area contributed by atoms with Gasteiger partial charge in [-0.15, -0.1) is 0 Å². The van der Waals surface area contributed by atoms with Gasteiger partial charge in [-0.05, 0) is 19.1 Å². The van der Waals surface area contributed by atoms with Crippen LogP contribution in [0.1, 0.15) is 13.3 Å². The number of carbonyl (C=O) groups is 1. The van der Waals surface area contributed by atoms with Gasteiger partial charge in [0.25, 0.3) is 0 Å². The van der Waals surface area contributed by atoms with Gasteiger partial charge < -0.3 is 15.4 Å². The molecule has 4 nitrogen and oxygen atoms in total. The normalized spacial score (nSPS) is 19.8. The Kier molecular flexibility index (Phi) is 6.32. The van der Waals surface area contributed by atoms with E-state index in [1.54, 1.807) is 12.1 Å². The molecule has 0 spiro atoms. The number of thioether (sulfide) groups is 1. The Hall–Kier alpha value is -1.27. The Morgan fingerprint density at radius 3 is 3.19 bits per heavy atom. The zero-order valence-corrected chi connectivity index (χ0v) is 12.9. The average molecular weight is 312 g/mol. The van der Waals surface area contributed by atoms with Crippen molar-refractivity contribution in [2.45, 2.75) is 25.5 Å². The first-order valence-electron chi connectivity index (χ1n) is 7.13. The summed E-state index contributed by atoms with van der Waals surface area (Å²) >= 11 is 1.87. The van der Waals surface area contributed by atoms with E-state index in [9.17, 15) is 9.18 Å². The smallest absolute Gasteiger partial charge is 0.221 e. The average Bonchev–Trinajstić information content (AvgIpc) is 2.46. The number of amides is 1. The van der Waals surface area contributed by atoms with Gasteiger partial charge in [0.2, 0.25) is 5.91 Å². The maximum absolute atomic E-state index is 13.0. The lowest BCUT2D eigenvalue weighted by Gasteiger charge is -2.23. The van der Waals surface area contributed by atoms with Crippen LogP contribution in [0.5, 0.6) is 5.75 Å². The highest BCUT2D eigenvalue weighted by atomic mass is 32.2. The fourth-order valence-corrected chi connectivity index (χ4v) is 3.07. The molecule has 2 rings (SSSR count). The van der Waals surface area contributed by atoms with Crippen molar-refractivity contribution in [1.29, 1.82) is 0 Å². The van der Waals surface area contributed by atoms with Crippen molar-refractivity contribution in [3.8, 4) is 5.75 Å². The topological polar surface area (TPSA) is 50.4 Å². The molecule has 6 heteroatoms. The molecule has 1 aliphatic rings. The van der Waals surface area contributed by atoms with E-state index in [1.165, 1.54) is 12.1 Å². The fourth-order valence-electron chi connectivity index (χ4n) is 2.12. The van der Waals surface area contributed by atoms with Crippen LogP contribution in [-0.2, 0) is 4.79 Å². The van der Waals surface area contributed by atoms with Crippen LogP contribution in [0.25, 0.3) is 0 Å². The van der Waals surface area contributed by atoms with Crippen molar-refractivity contribution in [2.75, 3.05) is 24.6 Å². The molecule has 1 aliphatic heterocycles. The van der Waals surface area contributed by atoms with Gasteiger partial charge in [-0.3, -0.25) is 4.79 Å². The molecule has 0 saturated carbocycles. The third-order valence-electron chi connectivity index (χ3n) is 3.15. The van der Waals surface area contributed by atoms with Gasteiger partial charge in [0.05, 0.1) is 6.54 Å². The fraction of sp³-hybridized carbons (Fsp3) is 0.533. The highest BCUT2D eigenvalue weighted by Crippen LogP contribution is 2.13. The number of carbonyl (C=O) groups excluding carboxylic acids is 1. The van der Waals surface area contributed by atoms with Crippen molar-refractivity contribution in [2.24, 2.45) is 0 Å². The van der Waals surface area contributed by atoms with E-state index in [0.29, 0.717) is 18.7 Å². The minimum atomic E-state index is -0.329. The monoisotopic (exact) mass is 312 g/mol. The third-order valence-corrected chi connectivity index (χ3v) is 4.28. The Labute approximate surface area is 128 Å². The zero-order valence-electron chi connectivity index (χ0n) is 12.1. The van der Waals surface area contributed by atoms with Gasteiger partial charge in [-0.1, -0.05) is 6.07 Å². The lowest BCUT2D eigenvalue weighted by atomic mass is 10.2. The minimum absolute atomic E-state index is 0.0182.